The van der Waals surface area contributed by atoms with E-state index in [1.54, 1.807) is 0 Å². The Hall–Kier alpha value is 0.0700. The van der Waals surface area contributed by atoms with Gasteiger partial charge in [-0.25, -0.2) is 8.93 Å². The largest absolute Gasteiger partial charge is 0.294 e. The van der Waals surface area contributed by atoms with Gasteiger partial charge >= 0.3 is 0 Å². The van der Waals surface area contributed by atoms with Gasteiger partial charge in [0.1, 0.15) is 0 Å². The Bertz CT molecular complexity index is 134. The molecule has 0 aliphatic carbocycles. The van der Waals surface area contributed by atoms with Crippen LogP contribution < -0.4 is 4.72 Å². The van der Waals surface area contributed by atoms with Crippen molar-refractivity contribution < 1.29 is 8.76 Å². The molecule has 0 radical (unpaired) electrons. The first-order valence-electron chi connectivity index (χ1n) is 3.25. The topological polar surface area (TPSA) is 49.3 Å². The molecule has 0 spiro atoms. The first-order chi connectivity index (χ1) is 4.36. The Balaban J connectivity index is 3.99. The maximum Gasteiger partial charge on any atom is 0.232 e. The molecule has 0 aromatic rings. The molecule has 0 fully saturated rings. The van der Waals surface area contributed by atoms with E-state index >= 15 is 0 Å². The van der Waals surface area contributed by atoms with Crippen molar-refractivity contribution in [1.29, 1.82) is 0 Å². The van der Waals surface area contributed by atoms with E-state index in [0.717, 1.165) is 0 Å². The van der Waals surface area contributed by atoms with Gasteiger partial charge in [-0.1, -0.05) is 13.8 Å². The van der Waals surface area contributed by atoms with Crippen LogP contribution in [0.4, 0.5) is 0 Å². The van der Waals surface area contributed by atoms with Crippen molar-refractivity contribution in [3.05, 3.63) is 0 Å². The molecule has 0 rings (SSSR count). The molecule has 0 saturated heterocycles. The van der Waals surface area contributed by atoms with Gasteiger partial charge in [-0.2, -0.15) is 0 Å². The third-order valence-corrected chi connectivity index (χ3v) is 2.49. The fourth-order valence-corrected chi connectivity index (χ4v) is 1.03. The zero-order chi connectivity index (χ0) is 8.36. The van der Waals surface area contributed by atoms with Crippen molar-refractivity contribution >= 4 is 11.3 Å². The van der Waals surface area contributed by atoms with Gasteiger partial charge in [0.25, 0.3) is 0 Å². The van der Waals surface area contributed by atoms with Crippen molar-refractivity contribution in [3.8, 4) is 0 Å². The van der Waals surface area contributed by atoms with Gasteiger partial charge in [0.15, 0.2) is 0 Å². The van der Waals surface area contributed by atoms with Crippen LogP contribution in [0, 0.1) is 5.92 Å². The van der Waals surface area contributed by atoms with Gasteiger partial charge in [-0.15, -0.1) is 0 Å². The summed E-state index contributed by atoms with van der Waals surface area (Å²) >= 11 is -1.91. The first-order valence-corrected chi connectivity index (χ1v) is 4.35. The summed E-state index contributed by atoms with van der Waals surface area (Å²) in [6.45, 7) is 7.79. The average Bonchev–Trinajstić information content (AvgIpc) is 1.60. The maximum atomic E-state index is 10.3. The van der Waals surface area contributed by atoms with Crippen LogP contribution in [0.15, 0.2) is 0 Å². The molecule has 1 atom stereocenters. The molecule has 2 N–H and O–H groups in total. The third-order valence-electron chi connectivity index (χ3n) is 1.79. The van der Waals surface area contributed by atoms with E-state index in [0.29, 0.717) is 5.92 Å². The lowest BCUT2D eigenvalue weighted by atomic mass is 9.92. The lowest BCUT2D eigenvalue weighted by molar-refractivity contribution is 0.333. The highest BCUT2D eigenvalue weighted by Gasteiger charge is 2.23. The molecule has 0 aromatic carbocycles. The molecule has 0 heterocycles. The minimum absolute atomic E-state index is 0.278. The van der Waals surface area contributed by atoms with Gasteiger partial charge in [0.2, 0.25) is 11.3 Å². The summed E-state index contributed by atoms with van der Waals surface area (Å²) < 4.78 is 21.4. The predicted octanol–water partition coefficient (Wildman–Crippen LogP) is 1.15. The van der Waals surface area contributed by atoms with E-state index in [2.05, 4.69) is 4.72 Å². The van der Waals surface area contributed by atoms with Gasteiger partial charge in [-0.05, 0) is 19.8 Å². The smallest absolute Gasteiger partial charge is 0.232 e. The van der Waals surface area contributed by atoms with Crippen LogP contribution in [0.1, 0.15) is 27.7 Å². The fraction of sp³-hybridized carbons (Fsp3) is 1.00. The van der Waals surface area contributed by atoms with Crippen LogP contribution in [0.2, 0.25) is 0 Å². The number of nitrogens with one attached hydrogen (secondary N) is 1. The Morgan fingerprint density at radius 2 is 1.90 bits per heavy atom. The highest BCUT2D eigenvalue weighted by molar-refractivity contribution is 7.77. The fourth-order valence-electron chi connectivity index (χ4n) is 0.343. The zero-order valence-corrected chi connectivity index (χ0v) is 7.66. The van der Waals surface area contributed by atoms with Crippen LogP contribution in [0.25, 0.3) is 0 Å². The van der Waals surface area contributed by atoms with Gasteiger partial charge in [-0.3, -0.25) is 4.55 Å². The molecule has 0 aliphatic heterocycles. The lowest BCUT2D eigenvalue weighted by Gasteiger charge is -2.28. The van der Waals surface area contributed by atoms with Crippen LogP contribution in [0.5, 0.6) is 0 Å². The van der Waals surface area contributed by atoms with Gasteiger partial charge in [0, 0.05) is 5.54 Å². The third kappa shape index (κ3) is 3.29. The summed E-state index contributed by atoms with van der Waals surface area (Å²) in [6, 6.07) is 0. The molecule has 0 aromatic heterocycles. The number of hydrogen-bond donors (Lipinski definition) is 2. The Morgan fingerprint density at radius 3 is 2.00 bits per heavy atom. The van der Waals surface area contributed by atoms with Crippen LogP contribution in [0.3, 0.4) is 0 Å². The van der Waals surface area contributed by atoms with Gasteiger partial charge in [0.05, 0.1) is 0 Å². The van der Waals surface area contributed by atoms with E-state index in [4.69, 9.17) is 4.55 Å². The van der Waals surface area contributed by atoms with Crippen LogP contribution in [-0.4, -0.2) is 14.3 Å². The molecule has 10 heavy (non-hydrogen) atoms. The molecule has 0 bridgehead atoms. The summed E-state index contributed by atoms with van der Waals surface area (Å²) in [4.78, 5) is 0. The second-order valence-electron chi connectivity index (χ2n) is 3.23. The van der Waals surface area contributed by atoms with E-state index < -0.39 is 11.3 Å². The predicted molar refractivity (Wildman–Crippen MR) is 42.8 cm³/mol. The molecule has 62 valence electrons. The molecule has 3 nitrogen and oxygen atoms in total. The maximum absolute atomic E-state index is 10.3. The highest BCUT2D eigenvalue weighted by atomic mass is 32.2. The quantitative estimate of drug-likeness (QED) is 0.616. The van der Waals surface area contributed by atoms with Crippen LogP contribution in [-0.2, 0) is 11.3 Å². The highest BCUT2D eigenvalue weighted by Crippen LogP contribution is 2.14. The van der Waals surface area contributed by atoms with E-state index in [-0.39, 0.29) is 5.54 Å². The molecular weight excluding hydrogens is 150 g/mol. The van der Waals surface area contributed by atoms with Gasteiger partial charge < -0.3 is 0 Å². The van der Waals surface area contributed by atoms with E-state index in [1.165, 1.54) is 0 Å². The number of hydrogen-bond acceptors (Lipinski definition) is 1. The minimum atomic E-state index is -1.91. The monoisotopic (exact) mass is 165 g/mol. The minimum Gasteiger partial charge on any atom is -0.294 e. The van der Waals surface area contributed by atoms with E-state index in [9.17, 15) is 4.21 Å². The van der Waals surface area contributed by atoms with Crippen LogP contribution >= 0.6 is 0 Å². The lowest BCUT2D eigenvalue weighted by Crippen LogP contribution is -2.44. The Kier molecular flexibility index (Phi) is 3.48. The SMILES string of the molecule is CC(C)C(C)(C)NS(=O)O. The summed E-state index contributed by atoms with van der Waals surface area (Å²) in [5.74, 6) is 0.337. The number of rotatable bonds is 3. The molecule has 0 saturated carbocycles. The summed E-state index contributed by atoms with van der Waals surface area (Å²) in [5.41, 5.74) is -0.278. The molecular formula is C6H15NO2S. The molecule has 0 aliphatic rings. The summed E-state index contributed by atoms with van der Waals surface area (Å²) in [5, 5.41) is 0. The second-order valence-corrected chi connectivity index (χ2v) is 3.93. The summed E-state index contributed by atoms with van der Waals surface area (Å²) in [7, 11) is 0. The normalized spacial score (nSPS) is 15.8. The average molecular weight is 165 g/mol. The van der Waals surface area contributed by atoms with Crippen molar-refractivity contribution in [1.82, 2.24) is 4.72 Å². The Labute approximate surface area is 64.6 Å². The van der Waals surface area contributed by atoms with Crippen molar-refractivity contribution in [2.24, 2.45) is 5.92 Å². The van der Waals surface area contributed by atoms with Crippen molar-refractivity contribution in [3.63, 3.8) is 0 Å². The molecule has 0 amide bonds. The summed E-state index contributed by atoms with van der Waals surface area (Å²) in [6.07, 6.45) is 0. The second kappa shape index (κ2) is 3.46. The molecule has 1 unspecified atom stereocenters. The standard InChI is InChI=1S/C6H15NO2S/c1-5(2)6(3,4)7-10(8)9/h5,7H,1-4H3,(H,8,9). The molecule has 4 heteroatoms. The van der Waals surface area contributed by atoms with E-state index in [1.807, 2.05) is 27.7 Å². The first kappa shape index (κ1) is 10.1. The Morgan fingerprint density at radius 1 is 1.50 bits per heavy atom. The van der Waals surface area contributed by atoms with Crippen molar-refractivity contribution in [2.75, 3.05) is 0 Å². The van der Waals surface area contributed by atoms with Crippen molar-refractivity contribution in [2.45, 2.75) is 33.2 Å². The zero-order valence-electron chi connectivity index (χ0n) is 6.84.